The minimum atomic E-state index is 0.170. The fourth-order valence-electron chi connectivity index (χ4n) is 1.86. The maximum atomic E-state index is 11.2. The quantitative estimate of drug-likeness (QED) is 0.722. The number of hydrogen-bond donors (Lipinski definition) is 1. The maximum absolute atomic E-state index is 11.2. The summed E-state index contributed by atoms with van der Waals surface area (Å²) in [7, 11) is 0. The summed E-state index contributed by atoms with van der Waals surface area (Å²) in [6.07, 6.45) is 6.55. The molecule has 2 heteroatoms. The van der Waals surface area contributed by atoms with Gasteiger partial charge in [0, 0.05) is 6.42 Å². The minimum absolute atomic E-state index is 0.170. The molecule has 0 aromatic rings. The van der Waals surface area contributed by atoms with Crippen molar-refractivity contribution >= 4 is 5.78 Å². The third-order valence-corrected chi connectivity index (χ3v) is 2.96. The highest BCUT2D eigenvalue weighted by atomic mass is 16.1. The second-order valence-electron chi connectivity index (χ2n) is 4.45. The lowest BCUT2D eigenvalue weighted by Gasteiger charge is -2.33. The fraction of sp³-hybridized carbons (Fsp3) is 0.727. The second kappa shape index (κ2) is 4.05. The van der Waals surface area contributed by atoms with Gasteiger partial charge in [-0.1, -0.05) is 19.9 Å². The van der Waals surface area contributed by atoms with Gasteiger partial charge in [0.15, 0.2) is 5.78 Å². The lowest BCUT2D eigenvalue weighted by molar-refractivity contribution is -0.117. The Balaban J connectivity index is 2.61. The molecule has 0 spiro atoms. The summed E-state index contributed by atoms with van der Waals surface area (Å²) >= 11 is 0. The standard InChI is InChI=1S/C11H19NO/c1-11(2)6-5-10(13)8-9(11)4-3-7-12/h5-6,9H,3-4,7-8,12H2,1-2H3. The first-order valence-corrected chi connectivity index (χ1v) is 4.98. The summed E-state index contributed by atoms with van der Waals surface area (Å²) in [5, 5.41) is 0. The van der Waals surface area contributed by atoms with Crippen molar-refractivity contribution in [1.29, 1.82) is 0 Å². The Hall–Kier alpha value is -0.630. The van der Waals surface area contributed by atoms with Crippen molar-refractivity contribution < 1.29 is 4.79 Å². The zero-order valence-corrected chi connectivity index (χ0v) is 8.55. The van der Waals surface area contributed by atoms with Gasteiger partial charge in [0.05, 0.1) is 0 Å². The van der Waals surface area contributed by atoms with Crippen LogP contribution in [-0.4, -0.2) is 12.3 Å². The van der Waals surface area contributed by atoms with Crippen LogP contribution in [0.3, 0.4) is 0 Å². The smallest absolute Gasteiger partial charge is 0.155 e. The molecule has 0 aliphatic heterocycles. The topological polar surface area (TPSA) is 43.1 Å². The average molecular weight is 181 g/mol. The zero-order chi connectivity index (χ0) is 9.90. The molecule has 0 saturated carbocycles. The third kappa shape index (κ3) is 2.66. The molecule has 1 unspecified atom stereocenters. The van der Waals surface area contributed by atoms with E-state index in [1.54, 1.807) is 6.08 Å². The van der Waals surface area contributed by atoms with E-state index in [9.17, 15) is 4.79 Å². The molecule has 0 amide bonds. The van der Waals surface area contributed by atoms with Crippen LogP contribution >= 0.6 is 0 Å². The summed E-state index contributed by atoms with van der Waals surface area (Å²) in [4.78, 5) is 11.2. The Morgan fingerprint density at radius 3 is 2.92 bits per heavy atom. The molecular formula is C11H19NO. The van der Waals surface area contributed by atoms with Crippen LogP contribution in [0.2, 0.25) is 0 Å². The Kier molecular flexibility index (Phi) is 3.26. The molecule has 1 aliphatic rings. The van der Waals surface area contributed by atoms with E-state index in [1.165, 1.54) is 0 Å². The number of carbonyl (C=O) groups is 1. The normalized spacial score (nSPS) is 26.4. The van der Waals surface area contributed by atoms with Crippen LogP contribution < -0.4 is 5.73 Å². The average Bonchev–Trinajstić information content (AvgIpc) is 2.07. The lowest BCUT2D eigenvalue weighted by Crippen LogP contribution is -2.28. The molecule has 1 rings (SSSR count). The van der Waals surface area contributed by atoms with Crippen LogP contribution in [0.25, 0.3) is 0 Å². The fourth-order valence-corrected chi connectivity index (χ4v) is 1.86. The van der Waals surface area contributed by atoms with Crippen molar-refractivity contribution in [2.45, 2.75) is 33.1 Å². The van der Waals surface area contributed by atoms with Gasteiger partial charge >= 0.3 is 0 Å². The van der Waals surface area contributed by atoms with Gasteiger partial charge < -0.3 is 5.73 Å². The molecule has 1 atom stereocenters. The Morgan fingerprint density at radius 2 is 2.31 bits per heavy atom. The molecule has 0 aromatic carbocycles. The number of rotatable bonds is 3. The van der Waals surface area contributed by atoms with Gasteiger partial charge in [-0.3, -0.25) is 4.79 Å². The van der Waals surface area contributed by atoms with E-state index in [1.807, 2.05) is 6.08 Å². The van der Waals surface area contributed by atoms with E-state index in [-0.39, 0.29) is 11.2 Å². The highest BCUT2D eigenvalue weighted by Crippen LogP contribution is 2.37. The molecule has 2 nitrogen and oxygen atoms in total. The van der Waals surface area contributed by atoms with Crippen molar-refractivity contribution in [2.24, 2.45) is 17.1 Å². The van der Waals surface area contributed by atoms with Crippen LogP contribution in [0.4, 0.5) is 0 Å². The molecule has 0 aromatic heterocycles. The van der Waals surface area contributed by atoms with Crippen LogP contribution in [0.15, 0.2) is 12.2 Å². The molecular weight excluding hydrogens is 162 g/mol. The summed E-state index contributed by atoms with van der Waals surface area (Å²) in [5.74, 6) is 0.745. The van der Waals surface area contributed by atoms with E-state index < -0.39 is 0 Å². The summed E-state index contributed by atoms with van der Waals surface area (Å²) < 4.78 is 0. The van der Waals surface area contributed by atoms with Gasteiger partial charge in [0.2, 0.25) is 0 Å². The van der Waals surface area contributed by atoms with Crippen LogP contribution in [0, 0.1) is 11.3 Å². The second-order valence-corrected chi connectivity index (χ2v) is 4.45. The Bertz CT molecular complexity index is 218. The van der Waals surface area contributed by atoms with Gasteiger partial charge in [-0.25, -0.2) is 0 Å². The molecule has 0 heterocycles. The monoisotopic (exact) mass is 181 g/mol. The Morgan fingerprint density at radius 1 is 1.62 bits per heavy atom. The number of allylic oxidation sites excluding steroid dienone is 2. The summed E-state index contributed by atoms with van der Waals surface area (Å²) in [5.41, 5.74) is 5.64. The minimum Gasteiger partial charge on any atom is -0.330 e. The first kappa shape index (κ1) is 10.5. The van der Waals surface area contributed by atoms with Crippen molar-refractivity contribution in [3.63, 3.8) is 0 Å². The molecule has 1 aliphatic carbocycles. The molecule has 2 N–H and O–H groups in total. The highest BCUT2D eigenvalue weighted by molar-refractivity contribution is 5.90. The van der Waals surface area contributed by atoms with Gasteiger partial charge in [-0.05, 0) is 36.8 Å². The molecule has 0 fully saturated rings. The number of carbonyl (C=O) groups excluding carboxylic acids is 1. The van der Waals surface area contributed by atoms with Crippen molar-refractivity contribution in [3.8, 4) is 0 Å². The summed E-state index contributed by atoms with van der Waals surface area (Å²) in [6, 6.07) is 0. The van der Waals surface area contributed by atoms with Gasteiger partial charge in [0.25, 0.3) is 0 Å². The van der Waals surface area contributed by atoms with E-state index in [0.717, 1.165) is 19.4 Å². The molecule has 74 valence electrons. The maximum Gasteiger partial charge on any atom is 0.155 e. The predicted molar refractivity (Wildman–Crippen MR) is 54.3 cm³/mol. The van der Waals surface area contributed by atoms with E-state index >= 15 is 0 Å². The van der Waals surface area contributed by atoms with E-state index in [4.69, 9.17) is 5.73 Å². The highest BCUT2D eigenvalue weighted by Gasteiger charge is 2.30. The molecule has 0 saturated heterocycles. The zero-order valence-electron chi connectivity index (χ0n) is 8.55. The lowest BCUT2D eigenvalue weighted by atomic mass is 9.71. The predicted octanol–water partition coefficient (Wildman–Crippen LogP) is 1.90. The third-order valence-electron chi connectivity index (χ3n) is 2.96. The largest absolute Gasteiger partial charge is 0.330 e. The molecule has 0 radical (unpaired) electrons. The van der Waals surface area contributed by atoms with Crippen LogP contribution in [-0.2, 0) is 4.79 Å². The number of hydrogen-bond acceptors (Lipinski definition) is 2. The van der Waals surface area contributed by atoms with Crippen molar-refractivity contribution in [2.75, 3.05) is 6.54 Å². The van der Waals surface area contributed by atoms with Gasteiger partial charge in [-0.2, -0.15) is 0 Å². The van der Waals surface area contributed by atoms with Crippen LogP contribution in [0.5, 0.6) is 0 Å². The van der Waals surface area contributed by atoms with Gasteiger partial charge in [-0.15, -0.1) is 0 Å². The van der Waals surface area contributed by atoms with Crippen molar-refractivity contribution in [1.82, 2.24) is 0 Å². The first-order valence-electron chi connectivity index (χ1n) is 4.98. The SMILES string of the molecule is CC1(C)C=CC(=O)CC1CCCN. The van der Waals surface area contributed by atoms with Gasteiger partial charge in [0.1, 0.15) is 0 Å². The van der Waals surface area contributed by atoms with E-state index in [2.05, 4.69) is 13.8 Å². The first-order chi connectivity index (χ1) is 6.06. The molecule has 0 bridgehead atoms. The molecule has 13 heavy (non-hydrogen) atoms. The van der Waals surface area contributed by atoms with Crippen molar-refractivity contribution in [3.05, 3.63) is 12.2 Å². The Labute approximate surface area is 80.2 Å². The number of ketones is 1. The number of nitrogens with two attached hydrogens (primary N) is 1. The summed E-state index contributed by atoms with van der Waals surface area (Å²) in [6.45, 7) is 5.11. The van der Waals surface area contributed by atoms with E-state index in [0.29, 0.717) is 12.3 Å². The van der Waals surface area contributed by atoms with Crippen LogP contribution in [0.1, 0.15) is 33.1 Å².